The number of carbonyl (C=O) groups is 2. The van der Waals surface area contributed by atoms with Gasteiger partial charge in [0, 0.05) is 0 Å². The molecule has 0 N–H and O–H groups in total. The third-order valence-electron chi connectivity index (χ3n) is 4.05. The van der Waals surface area contributed by atoms with Gasteiger partial charge in [0.2, 0.25) is 0 Å². The van der Waals surface area contributed by atoms with E-state index >= 15 is 0 Å². The minimum atomic E-state index is -1.49. The van der Waals surface area contributed by atoms with Crippen molar-refractivity contribution in [3.63, 3.8) is 0 Å². The molecule has 0 atom stereocenters. The van der Waals surface area contributed by atoms with Crippen molar-refractivity contribution in [2.75, 3.05) is 0 Å². The third-order valence-corrected chi connectivity index (χ3v) is 8.34. The summed E-state index contributed by atoms with van der Waals surface area (Å²) in [6.45, 7) is 14.2. The first kappa shape index (κ1) is 27.0. The van der Waals surface area contributed by atoms with E-state index in [0.29, 0.717) is 18.0 Å². The maximum atomic E-state index is 11.4. The van der Waals surface area contributed by atoms with E-state index in [4.69, 9.17) is 0 Å². The minimum absolute atomic E-state index is 0.0146. The largest absolute Gasteiger partial charge is 0.545 e. The summed E-state index contributed by atoms with van der Waals surface area (Å²) in [5.41, 5.74) is 0.895. The molecule has 0 saturated carbocycles. The summed E-state index contributed by atoms with van der Waals surface area (Å²) in [5.74, 6) is -2.97. The molecule has 0 aliphatic heterocycles. The van der Waals surface area contributed by atoms with Crippen molar-refractivity contribution in [2.24, 2.45) is 0 Å². The van der Waals surface area contributed by atoms with Gasteiger partial charge in [-0.1, -0.05) is 60.7 Å². The van der Waals surface area contributed by atoms with E-state index in [0.717, 1.165) is 0 Å². The molecule has 0 spiro atoms. The van der Waals surface area contributed by atoms with E-state index in [9.17, 15) is 19.8 Å². The fraction of sp³-hybridized carbons (Fsp3) is 0.385. The maximum absolute atomic E-state index is 11.4. The summed E-state index contributed by atoms with van der Waals surface area (Å²) in [7, 11) is 0. The second-order valence-corrected chi connectivity index (χ2v) is 18.8. The van der Waals surface area contributed by atoms with Gasteiger partial charge in [0.05, 0.1) is 11.9 Å². The van der Waals surface area contributed by atoms with Gasteiger partial charge in [0.25, 0.3) is 0 Å². The second-order valence-electron chi connectivity index (χ2n) is 9.48. The Morgan fingerprint density at radius 1 is 0.645 bits per heavy atom. The van der Waals surface area contributed by atoms with Crippen molar-refractivity contribution in [3.8, 4) is 0 Å². The molecule has 0 radical (unpaired) electrons. The van der Waals surface area contributed by atoms with Crippen LogP contribution in [0.1, 0.15) is 52.7 Å². The van der Waals surface area contributed by atoms with Crippen LogP contribution < -0.4 is 10.2 Å². The topological polar surface area (TPSA) is 80.3 Å². The first-order chi connectivity index (χ1) is 14.3. The quantitative estimate of drug-likeness (QED) is 0.427. The molecule has 5 heteroatoms. The zero-order valence-electron chi connectivity index (χ0n) is 19.3. The van der Waals surface area contributed by atoms with Crippen molar-refractivity contribution >= 4 is 33.1 Å². The van der Waals surface area contributed by atoms with Crippen molar-refractivity contribution in [2.45, 2.75) is 61.2 Å². The molecular formula is C26H32O4Sn. The summed E-state index contributed by atoms with van der Waals surface area (Å²) in [5, 5.41) is 22.8. The van der Waals surface area contributed by atoms with E-state index in [-0.39, 0.29) is 45.1 Å². The smallest absolute Gasteiger partial charge is 0.0681 e. The van der Waals surface area contributed by atoms with Crippen LogP contribution in [0.25, 0.3) is 0 Å². The maximum Gasteiger partial charge on any atom is 0.0681 e. The Balaban J connectivity index is 0.000000452. The van der Waals surface area contributed by atoms with Crippen LogP contribution in [0.4, 0.5) is 0 Å². The van der Waals surface area contributed by atoms with E-state index < -0.39 is 11.9 Å². The Labute approximate surface area is 196 Å². The van der Waals surface area contributed by atoms with E-state index in [2.05, 4.69) is 41.5 Å². The zero-order valence-corrected chi connectivity index (χ0v) is 22.2. The summed E-state index contributed by atoms with van der Waals surface area (Å²) >= 11 is -0.182. The number of hydrogen-bond donors (Lipinski definition) is 0. The summed E-state index contributed by atoms with van der Waals surface area (Å²) in [4.78, 5) is 22.8. The molecule has 0 saturated heterocycles. The Morgan fingerprint density at radius 2 is 0.935 bits per heavy atom. The van der Waals surface area contributed by atoms with Gasteiger partial charge in [0.1, 0.15) is 0 Å². The number of carboxylic acids is 2. The first-order valence-corrected chi connectivity index (χ1v) is 13.2. The SMILES string of the molecule is C[C](C)(C)[Sn+2][C](C)(C)C.O=C([O-])/C(Cc1ccccc1)=C(/Cc1ccccc1)C(=O)[O-]. The number of rotatable bonds is 6. The van der Waals surface area contributed by atoms with Gasteiger partial charge >= 0.3 is 69.5 Å². The number of benzene rings is 2. The first-order valence-electron chi connectivity index (χ1n) is 10.3. The molecule has 0 amide bonds. The molecule has 0 bridgehead atoms. The molecule has 2 aromatic rings. The zero-order chi connectivity index (χ0) is 23.7. The van der Waals surface area contributed by atoms with Crippen molar-refractivity contribution < 1.29 is 19.8 Å². The Morgan fingerprint density at radius 3 is 1.13 bits per heavy atom. The van der Waals surface area contributed by atoms with E-state index in [1.54, 1.807) is 60.7 Å². The number of carboxylic acid groups (broad SMARTS) is 2. The van der Waals surface area contributed by atoms with Crippen LogP contribution in [0.3, 0.4) is 0 Å². The van der Waals surface area contributed by atoms with Crippen LogP contribution in [0, 0.1) is 0 Å². The van der Waals surface area contributed by atoms with Crippen molar-refractivity contribution in [1.29, 1.82) is 0 Å². The molecule has 164 valence electrons. The van der Waals surface area contributed by atoms with Gasteiger partial charge in [-0.2, -0.15) is 0 Å². The van der Waals surface area contributed by atoms with E-state index in [1.165, 1.54) is 0 Å². The number of aliphatic carboxylic acids is 2. The molecule has 0 fully saturated rings. The summed E-state index contributed by atoms with van der Waals surface area (Å²) in [6, 6.07) is 17.6. The van der Waals surface area contributed by atoms with Gasteiger partial charge in [-0.3, -0.25) is 0 Å². The molecule has 0 heterocycles. The minimum Gasteiger partial charge on any atom is -0.545 e. The van der Waals surface area contributed by atoms with Crippen LogP contribution in [0.2, 0.25) is 6.86 Å². The average Bonchev–Trinajstić information content (AvgIpc) is 2.63. The van der Waals surface area contributed by atoms with Crippen LogP contribution in [0.5, 0.6) is 0 Å². The Bertz CT molecular complexity index is 800. The third kappa shape index (κ3) is 11.8. The molecule has 0 aliphatic rings. The molecule has 2 rings (SSSR count). The summed E-state index contributed by atoms with van der Waals surface area (Å²) in [6.07, 6.45) is -0.0291. The molecule has 2 aromatic carbocycles. The molecule has 31 heavy (non-hydrogen) atoms. The molecule has 0 unspecified atom stereocenters. The van der Waals surface area contributed by atoms with Crippen LogP contribution in [0.15, 0.2) is 71.8 Å². The Hall–Kier alpha value is -2.08. The van der Waals surface area contributed by atoms with Gasteiger partial charge < -0.3 is 19.8 Å². The van der Waals surface area contributed by atoms with Gasteiger partial charge in [-0.25, -0.2) is 0 Å². The average molecular weight is 527 g/mol. The molecule has 4 nitrogen and oxygen atoms in total. The molecular weight excluding hydrogens is 495 g/mol. The fourth-order valence-corrected chi connectivity index (χ4v) is 9.75. The van der Waals surface area contributed by atoms with Gasteiger partial charge in [0.15, 0.2) is 0 Å². The van der Waals surface area contributed by atoms with Crippen molar-refractivity contribution in [1.82, 2.24) is 0 Å². The number of carbonyl (C=O) groups excluding carboxylic acids is 2. The standard InChI is InChI=1S/C18H16O4.2C4H9.Sn/c19-17(20)15(11-13-7-3-1-4-8-13)16(18(21)22)12-14-9-5-2-6-10-14;2*1-4(2)3;/h1-10H,11-12H2,(H,19,20)(H,21,22);2*1-3H3;/q;;;+2/p-2/b16-15-;;;. The monoisotopic (exact) mass is 528 g/mol. The van der Waals surface area contributed by atoms with Gasteiger partial charge in [-0.15, -0.1) is 0 Å². The summed E-state index contributed by atoms with van der Waals surface area (Å²) < 4.78 is 1.31. The van der Waals surface area contributed by atoms with Crippen LogP contribution in [-0.2, 0) is 22.4 Å². The van der Waals surface area contributed by atoms with Crippen LogP contribution >= 0.6 is 0 Å². The van der Waals surface area contributed by atoms with Crippen LogP contribution in [-0.4, -0.2) is 33.1 Å². The predicted molar refractivity (Wildman–Crippen MR) is 123 cm³/mol. The fourth-order valence-electron chi connectivity index (χ4n) is 3.33. The van der Waals surface area contributed by atoms with E-state index in [1.807, 2.05) is 0 Å². The van der Waals surface area contributed by atoms with Gasteiger partial charge in [-0.05, 0) is 35.1 Å². The second kappa shape index (κ2) is 12.1. The predicted octanol–water partition coefficient (Wildman–Crippen LogP) is 3.40. The number of hydrogen-bond acceptors (Lipinski definition) is 4. The Kier molecular flexibility index (Phi) is 10.5. The normalized spacial score (nSPS) is 12.1. The van der Waals surface area contributed by atoms with Crippen molar-refractivity contribution in [3.05, 3.63) is 82.9 Å². The molecule has 0 aromatic heterocycles. The molecule has 0 aliphatic carbocycles.